The summed E-state index contributed by atoms with van der Waals surface area (Å²) in [6.07, 6.45) is -0.719. The van der Waals surface area contributed by atoms with E-state index in [4.69, 9.17) is 11.0 Å². The topological polar surface area (TPSA) is 76.1 Å². The van der Waals surface area contributed by atoms with Crippen LogP contribution in [-0.2, 0) is 4.74 Å². The number of esters is 1. The first-order chi connectivity index (χ1) is 7.99. The van der Waals surface area contributed by atoms with Crippen molar-refractivity contribution in [3.8, 4) is 6.07 Å². The summed E-state index contributed by atoms with van der Waals surface area (Å²) in [5.74, 6) is -2.99. The van der Waals surface area contributed by atoms with Gasteiger partial charge in [-0.3, -0.25) is 0 Å². The number of nitrogen functional groups attached to an aromatic ring is 1. The number of benzene rings is 1. The summed E-state index contributed by atoms with van der Waals surface area (Å²) in [5, 5.41) is 8.57. The Morgan fingerprint density at radius 3 is 2.71 bits per heavy atom. The predicted molar refractivity (Wildman–Crippen MR) is 55.9 cm³/mol. The van der Waals surface area contributed by atoms with E-state index in [1.807, 2.05) is 0 Å². The summed E-state index contributed by atoms with van der Waals surface area (Å²) in [4.78, 5) is 11.4. The van der Waals surface area contributed by atoms with E-state index in [-0.39, 0.29) is 6.42 Å². The van der Waals surface area contributed by atoms with Gasteiger partial charge >= 0.3 is 5.97 Å². The Morgan fingerprint density at radius 2 is 2.18 bits per heavy atom. The van der Waals surface area contributed by atoms with Gasteiger partial charge in [0.15, 0.2) is 6.10 Å². The maximum Gasteiger partial charge on any atom is 0.342 e. The average molecular weight is 240 g/mol. The van der Waals surface area contributed by atoms with Crippen molar-refractivity contribution in [2.75, 3.05) is 5.73 Å². The Balaban J connectivity index is 2.98. The fourth-order valence-electron chi connectivity index (χ4n) is 1.11. The molecule has 0 saturated carbocycles. The van der Waals surface area contributed by atoms with E-state index in [0.717, 1.165) is 0 Å². The van der Waals surface area contributed by atoms with Crippen molar-refractivity contribution >= 4 is 11.7 Å². The highest BCUT2D eigenvalue weighted by Crippen LogP contribution is 2.18. The molecule has 0 aliphatic rings. The maximum absolute atomic E-state index is 13.3. The van der Waals surface area contributed by atoms with Crippen LogP contribution in [0.25, 0.3) is 0 Å². The molecule has 17 heavy (non-hydrogen) atoms. The van der Waals surface area contributed by atoms with E-state index in [2.05, 4.69) is 4.74 Å². The van der Waals surface area contributed by atoms with Gasteiger partial charge in [-0.1, -0.05) is 6.92 Å². The van der Waals surface area contributed by atoms with Gasteiger partial charge in [0.2, 0.25) is 0 Å². The molecule has 6 heteroatoms. The van der Waals surface area contributed by atoms with Crippen LogP contribution in [0.15, 0.2) is 12.1 Å². The van der Waals surface area contributed by atoms with E-state index in [1.165, 1.54) is 0 Å². The molecule has 0 aromatic heterocycles. The lowest BCUT2D eigenvalue weighted by molar-refractivity contribution is 0.0395. The average Bonchev–Trinajstić information content (AvgIpc) is 2.30. The van der Waals surface area contributed by atoms with Gasteiger partial charge in [-0.15, -0.1) is 0 Å². The Labute approximate surface area is 96.6 Å². The first-order valence-electron chi connectivity index (χ1n) is 4.84. The second-order valence-corrected chi connectivity index (χ2v) is 3.28. The van der Waals surface area contributed by atoms with Gasteiger partial charge < -0.3 is 10.5 Å². The zero-order valence-corrected chi connectivity index (χ0v) is 9.04. The lowest BCUT2D eigenvalue weighted by atomic mass is 10.2. The van der Waals surface area contributed by atoms with E-state index in [0.29, 0.717) is 12.1 Å². The zero-order valence-electron chi connectivity index (χ0n) is 9.04. The monoisotopic (exact) mass is 240 g/mol. The summed E-state index contributed by atoms with van der Waals surface area (Å²) in [6, 6.07) is 3.06. The fraction of sp³-hybridized carbons (Fsp3) is 0.273. The molecule has 0 aliphatic carbocycles. The molecule has 0 radical (unpaired) electrons. The maximum atomic E-state index is 13.3. The predicted octanol–water partition coefficient (Wildman–Crippen LogP) is 2.01. The Kier molecular flexibility index (Phi) is 3.99. The van der Waals surface area contributed by atoms with E-state index in [1.54, 1.807) is 13.0 Å². The second-order valence-electron chi connectivity index (χ2n) is 3.28. The van der Waals surface area contributed by atoms with Gasteiger partial charge in [0.05, 0.1) is 11.3 Å². The van der Waals surface area contributed by atoms with Crippen molar-refractivity contribution in [1.82, 2.24) is 0 Å². The summed E-state index contributed by atoms with van der Waals surface area (Å²) < 4.78 is 31.0. The molecule has 0 aliphatic heterocycles. The lowest BCUT2D eigenvalue weighted by Gasteiger charge is -2.09. The molecule has 1 atom stereocenters. The molecule has 0 saturated heterocycles. The molecule has 0 bridgehead atoms. The lowest BCUT2D eigenvalue weighted by Crippen LogP contribution is -2.17. The molecule has 90 valence electrons. The van der Waals surface area contributed by atoms with Crippen molar-refractivity contribution in [3.63, 3.8) is 0 Å². The Bertz CT molecular complexity index is 483. The molecule has 0 spiro atoms. The molecule has 1 aromatic carbocycles. The number of hydrogen-bond acceptors (Lipinski definition) is 4. The summed E-state index contributed by atoms with van der Waals surface area (Å²) in [7, 11) is 0. The second kappa shape index (κ2) is 5.25. The standard InChI is InChI=1S/C11H10F2N2O2/c1-2-6(5-14)17-11(16)7-3-9(13)10(15)4-8(7)12/h3-4,6H,2,15H2,1H3. The zero-order chi connectivity index (χ0) is 13.0. The van der Waals surface area contributed by atoms with Crippen LogP contribution >= 0.6 is 0 Å². The molecular formula is C11H10F2N2O2. The molecule has 0 fully saturated rings. The number of hydrogen-bond donors (Lipinski definition) is 1. The van der Waals surface area contributed by atoms with Crippen LogP contribution < -0.4 is 5.73 Å². The Morgan fingerprint density at radius 1 is 1.53 bits per heavy atom. The summed E-state index contributed by atoms with van der Waals surface area (Å²) >= 11 is 0. The SMILES string of the molecule is CCC(C#N)OC(=O)c1cc(F)c(N)cc1F. The Hall–Kier alpha value is -2.16. The molecule has 4 nitrogen and oxygen atoms in total. The van der Waals surface area contributed by atoms with Crippen LogP contribution in [0.1, 0.15) is 23.7 Å². The smallest absolute Gasteiger partial charge is 0.342 e. The van der Waals surface area contributed by atoms with Crippen LogP contribution in [0.3, 0.4) is 0 Å². The van der Waals surface area contributed by atoms with Gasteiger partial charge in [-0.2, -0.15) is 5.26 Å². The van der Waals surface area contributed by atoms with Crippen LogP contribution in [0.5, 0.6) is 0 Å². The number of carbonyl (C=O) groups excluding carboxylic acids is 1. The molecule has 0 amide bonds. The largest absolute Gasteiger partial charge is 0.443 e. The van der Waals surface area contributed by atoms with Gasteiger partial charge in [-0.25, -0.2) is 13.6 Å². The minimum Gasteiger partial charge on any atom is -0.443 e. The van der Waals surface area contributed by atoms with Crippen LogP contribution in [0.4, 0.5) is 14.5 Å². The molecule has 1 aromatic rings. The minimum absolute atomic E-state index is 0.265. The highest BCUT2D eigenvalue weighted by atomic mass is 19.1. The van der Waals surface area contributed by atoms with Crippen LogP contribution in [0.2, 0.25) is 0 Å². The third-order valence-corrected chi connectivity index (χ3v) is 2.07. The third kappa shape index (κ3) is 2.91. The quantitative estimate of drug-likeness (QED) is 0.647. The summed E-state index contributed by atoms with van der Waals surface area (Å²) in [6.45, 7) is 1.63. The van der Waals surface area contributed by atoms with E-state index in [9.17, 15) is 13.6 Å². The van der Waals surface area contributed by atoms with E-state index < -0.39 is 35.0 Å². The first-order valence-corrected chi connectivity index (χ1v) is 4.84. The number of carbonyl (C=O) groups is 1. The van der Waals surface area contributed by atoms with Crippen molar-refractivity contribution in [2.24, 2.45) is 0 Å². The van der Waals surface area contributed by atoms with Crippen LogP contribution in [0, 0.1) is 23.0 Å². The fourth-order valence-corrected chi connectivity index (χ4v) is 1.11. The van der Waals surface area contributed by atoms with Gasteiger partial charge in [-0.05, 0) is 12.5 Å². The van der Waals surface area contributed by atoms with Gasteiger partial charge in [0, 0.05) is 6.07 Å². The number of halogens is 2. The van der Waals surface area contributed by atoms with Crippen molar-refractivity contribution in [3.05, 3.63) is 29.3 Å². The normalized spacial score (nSPS) is 11.6. The van der Waals surface area contributed by atoms with Crippen LogP contribution in [-0.4, -0.2) is 12.1 Å². The number of nitrogens with two attached hydrogens (primary N) is 1. The highest BCUT2D eigenvalue weighted by molar-refractivity contribution is 5.90. The summed E-state index contributed by atoms with van der Waals surface area (Å²) in [5.41, 5.74) is 4.15. The highest BCUT2D eigenvalue weighted by Gasteiger charge is 2.19. The van der Waals surface area contributed by atoms with Gasteiger partial charge in [0.25, 0.3) is 0 Å². The first kappa shape index (κ1) is 12.9. The molecule has 1 rings (SSSR count). The van der Waals surface area contributed by atoms with E-state index >= 15 is 0 Å². The minimum atomic E-state index is -1.09. The number of rotatable bonds is 3. The number of nitrogens with zero attached hydrogens (tertiary/aromatic N) is 1. The third-order valence-electron chi connectivity index (χ3n) is 2.07. The molecule has 2 N–H and O–H groups in total. The molecule has 1 unspecified atom stereocenters. The molecular weight excluding hydrogens is 230 g/mol. The molecule has 0 heterocycles. The van der Waals surface area contributed by atoms with Gasteiger partial charge in [0.1, 0.15) is 17.7 Å². The van der Waals surface area contributed by atoms with Crippen molar-refractivity contribution in [2.45, 2.75) is 19.4 Å². The van der Waals surface area contributed by atoms with Crippen molar-refractivity contribution < 1.29 is 18.3 Å². The number of anilines is 1. The van der Waals surface area contributed by atoms with Crippen molar-refractivity contribution in [1.29, 1.82) is 5.26 Å². The number of ether oxygens (including phenoxy) is 1. The number of nitriles is 1.